The summed E-state index contributed by atoms with van der Waals surface area (Å²) in [5.74, 6) is 0. The standard InChI is InChI=1S/C13H20O3SSi/c1-5-11-18(3,4)16-17(14,15)13-9-7-12(6-2)8-10-13/h5,7-10H,1,6,11H2,2-4H3. The molecular formula is C13H20O3SSi. The van der Waals surface area contributed by atoms with Crippen molar-refractivity contribution in [3.63, 3.8) is 0 Å². The summed E-state index contributed by atoms with van der Waals surface area (Å²) < 4.78 is 29.6. The number of hydrogen-bond donors (Lipinski definition) is 0. The van der Waals surface area contributed by atoms with Gasteiger partial charge in [0.2, 0.25) is 8.32 Å². The molecule has 0 unspecified atom stereocenters. The minimum atomic E-state index is -3.65. The normalized spacial score (nSPS) is 12.4. The van der Waals surface area contributed by atoms with Gasteiger partial charge in [0.15, 0.2) is 0 Å². The fourth-order valence-electron chi connectivity index (χ4n) is 1.62. The molecule has 0 saturated heterocycles. The van der Waals surface area contributed by atoms with Crippen LogP contribution in [0, 0.1) is 0 Å². The molecule has 1 rings (SSSR count). The van der Waals surface area contributed by atoms with E-state index in [0.717, 1.165) is 12.0 Å². The van der Waals surface area contributed by atoms with E-state index in [-0.39, 0.29) is 4.90 Å². The Kier molecular flexibility index (Phi) is 4.90. The zero-order valence-corrected chi connectivity index (χ0v) is 13.0. The van der Waals surface area contributed by atoms with Crippen LogP contribution in [0.3, 0.4) is 0 Å². The third-order valence-electron chi connectivity index (χ3n) is 2.59. The molecule has 0 aliphatic heterocycles. The second-order valence-electron chi connectivity index (χ2n) is 4.79. The van der Waals surface area contributed by atoms with Gasteiger partial charge in [0, 0.05) is 0 Å². The quantitative estimate of drug-likeness (QED) is 0.594. The summed E-state index contributed by atoms with van der Waals surface area (Å²) in [6.07, 6.45) is 2.60. The molecule has 0 aliphatic carbocycles. The molecule has 0 radical (unpaired) electrons. The first-order chi connectivity index (χ1) is 8.30. The Morgan fingerprint density at radius 1 is 1.28 bits per heavy atom. The van der Waals surface area contributed by atoms with Gasteiger partial charge < -0.3 is 3.87 Å². The van der Waals surface area contributed by atoms with Crippen molar-refractivity contribution in [2.75, 3.05) is 0 Å². The van der Waals surface area contributed by atoms with Crippen LogP contribution in [0.15, 0.2) is 41.8 Å². The minimum Gasteiger partial charge on any atom is -0.311 e. The Bertz CT molecular complexity index is 504. The second kappa shape index (κ2) is 5.82. The summed E-state index contributed by atoms with van der Waals surface area (Å²) >= 11 is 0. The SMILES string of the molecule is C=CC[Si](C)(C)OS(=O)(=O)c1ccc(CC)cc1. The first-order valence-corrected chi connectivity index (χ1v) is 10.5. The summed E-state index contributed by atoms with van der Waals surface area (Å²) in [4.78, 5) is 0.226. The maximum Gasteiger partial charge on any atom is 0.287 e. The van der Waals surface area contributed by atoms with Crippen molar-refractivity contribution < 1.29 is 12.3 Å². The largest absolute Gasteiger partial charge is 0.311 e. The smallest absolute Gasteiger partial charge is 0.287 e. The van der Waals surface area contributed by atoms with E-state index in [0.29, 0.717) is 6.04 Å². The third-order valence-corrected chi connectivity index (χ3v) is 7.40. The topological polar surface area (TPSA) is 43.4 Å². The Morgan fingerprint density at radius 2 is 1.83 bits per heavy atom. The highest BCUT2D eigenvalue weighted by Crippen LogP contribution is 2.21. The molecule has 0 bridgehead atoms. The molecule has 0 heterocycles. The van der Waals surface area contributed by atoms with Crippen LogP contribution in [-0.4, -0.2) is 16.7 Å². The van der Waals surface area contributed by atoms with Crippen molar-refractivity contribution >= 4 is 18.4 Å². The van der Waals surface area contributed by atoms with Gasteiger partial charge >= 0.3 is 0 Å². The molecule has 0 fully saturated rings. The van der Waals surface area contributed by atoms with E-state index in [9.17, 15) is 8.42 Å². The molecule has 1 aromatic carbocycles. The van der Waals surface area contributed by atoms with Gasteiger partial charge in [0.1, 0.15) is 0 Å². The van der Waals surface area contributed by atoms with Gasteiger partial charge in [0.25, 0.3) is 10.1 Å². The molecule has 0 spiro atoms. The van der Waals surface area contributed by atoms with Crippen molar-refractivity contribution in [1.29, 1.82) is 0 Å². The van der Waals surface area contributed by atoms with Crippen LogP contribution in [0.5, 0.6) is 0 Å². The fraction of sp³-hybridized carbons (Fsp3) is 0.385. The Labute approximate surface area is 111 Å². The van der Waals surface area contributed by atoms with Gasteiger partial charge in [-0.1, -0.05) is 25.1 Å². The zero-order valence-electron chi connectivity index (χ0n) is 11.1. The van der Waals surface area contributed by atoms with Crippen molar-refractivity contribution in [1.82, 2.24) is 0 Å². The van der Waals surface area contributed by atoms with Crippen molar-refractivity contribution in [2.24, 2.45) is 0 Å². The summed E-state index contributed by atoms with van der Waals surface area (Å²) in [5, 5.41) is 0. The lowest BCUT2D eigenvalue weighted by molar-refractivity contribution is 0.483. The van der Waals surface area contributed by atoms with Crippen molar-refractivity contribution in [2.45, 2.75) is 37.4 Å². The van der Waals surface area contributed by atoms with Gasteiger partial charge in [-0.2, -0.15) is 8.42 Å². The summed E-state index contributed by atoms with van der Waals surface area (Å²) in [6.45, 7) is 9.39. The molecule has 3 nitrogen and oxygen atoms in total. The van der Waals surface area contributed by atoms with Gasteiger partial charge in [-0.3, -0.25) is 0 Å². The van der Waals surface area contributed by atoms with Crippen LogP contribution in [0.4, 0.5) is 0 Å². The second-order valence-corrected chi connectivity index (χ2v) is 10.8. The van der Waals surface area contributed by atoms with Crippen LogP contribution in [0.1, 0.15) is 12.5 Å². The van der Waals surface area contributed by atoms with Crippen molar-refractivity contribution in [3.05, 3.63) is 42.5 Å². The highest BCUT2D eigenvalue weighted by Gasteiger charge is 2.29. The van der Waals surface area contributed by atoms with Gasteiger partial charge in [-0.05, 0) is 43.3 Å². The zero-order chi connectivity index (χ0) is 13.8. The van der Waals surface area contributed by atoms with Gasteiger partial charge in [-0.25, -0.2) is 0 Å². The molecule has 0 aromatic heterocycles. The third kappa shape index (κ3) is 4.08. The van der Waals surface area contributed by atoms with Gasteiger partial charge in [0.05, 0.1) is 4.90 Å². The molecule has 100 valence electrons. The van der Waals surface area contributed by atoms with E-state index in [1.807, 2.05) is 32.2 Å². The van der Waals surface area contributed by atoms with E-state index in [1.54, 1.807) is 18.2 Å². The van der Waals surface area contributed by atoms with Crippen LogP contribution < -0.4 is 0 Å². The van der Waals surface area contributed by atoms with E-state index < -0.39 is 18.4 Å². The molecule has 1 aromatic rings. The maximum atomic E-state index is 12.1. The lowest BCUT2D eigenvalue weighted by atomic mass is 10.2. The number of rotatable bonds is 6. The van der Waals surface area contributed by atoms with Crippen molar-refractivity contribution in [3.8, 4) is 0 Å². The number of benzene rings is 1. The molecule has 0 atom stereocenters. The molecule has 0 aliphatic rings. The summed E-state index contributed by atoms with van der Waals surface area (Å²) in [7, 11) is -5.90. The van der Waals surface area contributed by atoms with E-state index >= 15 is 0 Å². The summed E-state index contributed by atoms with van der Waals surface area (Å²) in [6, 6.07) is 7.45. The first kappa shape index (κ1) is 15.1. The predicted molar refractivity (Wildman–Crippen MR) is 76.6 cm³/mol. The van der Waals surface area contributed by atoms with Crippen LogP contribution in [-0.2, 0) is 20.4 Å². The highest BCUT2D eigenvalue weighted by molar-refractivity contribution is 7.87. The van der Waals surface area contributed by atoms with Crippen LogP contribution >= 0.6 is 0 Å². The number of hydrogen-bond acceptors (Lipinski definition) is 3. The van der Waals surface area contributed by atoms with E-state index in [2.05, 4.69) is 6.58 Å². The Hall–Kier alpha value is -0.913. The molecule has 5 heteroatoms. The lowest BCUT2D eigenvalue weighted by Crippen LogP contribution is -2.32. The van der Waals surface area contributed by atoms with Crippen LogP contribution in [0.2, 0.25) is 19.1 Å². The van der Waals surface area contributed by atoms with E-state index in [1.165, 1.54) is 0 Å². The number of allylic oxidation sites excluding steroid dienone is 1. The summed E-state index contributed by atoms with van der Waals surface area (Å²) in [5.41, 5.74) is 1.11. The molecule has 0 saturated carbocycles. The maximum absolute atomic E-state index is 12.1. The monoisotopic (exact) mass is 284 g/mol. The number of aryl methyl sites for hydroxylation is 1. The highest BCUT2D eigenvalue weighted by atomic mass is 32.2. The molecular weight excluding hydrogens is 264 g/mol. The Morgan fingerprint density at radius 3 is 2.28 bits per heavy atom. The van der Waals surface area contributed by atoms with E-state index in [4.69, 9.17) is 3.87 Å². The first-order valence-electron chi connectivity index (χ1n) is 5.96. The van der Waals surface area contributed by atoms with Crippen LogP contribution in [0.25, 0.3) is 0 Å². The average molecular weight is 284 g/mol. The Balaban J connectivity index is 2.95. The average Bonchev–Trinajstić information content (AvgIpc) is 2.27. The fourth-order valence-corrected chi connectivity index (χ4v) is 5.82. The van der Waals surface area contributed by atoms with Gasteiger partial charge in [-0.15, -0.1) is 6.58 Å². The lowest BCUT2D eigenvalue weighted by Gasteiger charge is -2.20. The molecule has 0 amide bonds. The molecule has 0 N–H and O–H groups in total. The predicted octanol–water partition coefficient (Wildman–Crippen LogP) is 3.35. The molecule has 18 heavy (non-hydrogen) atoms. The minimum absolute atomic E-state index is 0.226.